The molecule has 0 aliphatic rings. The van der Waals surface area contributed by atoms with E-state index in [1.165, 1.54) is 0 Å². The number of halogens is 5. The Kier molecular flexibility index (Phi) is 3.94. The van der Waals surface area contributed by atoms with Crippen LogP contribution in [0.1, 0.15) is 5.56 Å². The maximum atomic E-state index is 12.6. The standard InChI is InChI=1S/C7H2BrClF3NO4S/c8-4-1-3(13(14)15)2-5(18(9,16)17)6(4)7(10,11)12/h1-2H. The van der Waals surface area contributed by atoms with Gasteiger partial charge in [-0.1, -0.05) is 0 Å². The molecule has 0 heterocycles. The average molecular weight is 369 g/mol. The fraction of sp³-hybridized carbons (Fsp3) is 0.143. The lowest BCUT2D eigenvalue weighted by atomic mass is 10.2. The van der Waals surface area contributed by atoms with Crippen molar-refractivity contribution in [2.24, 2.45) is 0 Å². The van der Waals surface area contributed by atoms with E-state index in [4.69, 9.17) is 10.7 Å². The van der Waals surface area contributed by atoms with Crippen LogP contribution in [0.3, 0.4) is 0 Å². The number of non-ortho nitro benzene ring substituents is 1. The summed E-state index contributed by atoms with van der Waals surface area (Å²) in [6.07, 6.45) is -5.02. The van der Waals surface area contributed by atoms with Gasteiger partial charge in [-0.2, -0.15) is 13.2 Å². The number of benzene rings is 1. The molecule has 0 unspecified atom stereocenters. The Morgan fingerprint density at radius 3 is 2.17 bits per heavy atom. The van der Waals surface area contributed by atoms with Crippen LogP contribution in [0.5, 0.6) is 0 Å². The van der Waals surface area contributed by atoms with Gasteiger partial charge in [-0.25, -0.2) is 8.42 Å². The summed E-state index contributed by atoms with van der Waals surface area (Å²) in [5, 5.41) is 10.5. The molecule has 0 aliphatic carbocycles. The lowest BCUT2D eigenvalue weighted by molar-refractivity contribution is -0.385. The highest BCUT2D eigenvalue weighted by Gasteiger charge is 2.40. The predicted molar refractivity (Wildman–Crippen MR) is 58.8 cm³/mol. The molecule has 11 heteroatoms. The fourth-order valence-corrected chi connectivity index (χ4v) is 3.04. The number of nitro benzene ring substituents is 1. The van der Waals surface area contributed by atoms with Gasteiger partial charge in [0.1, 0.15) is 4.90 Å². The van der Waals surface area contributed by atoms with Crippen LogP contribution in [0.2, 0.25) is 0 Å². The van der Waals surface area contributed by atoms with E-state index in [9.17, 15) is 31.7 Å². The third kappa shape index (κ3) is 3.12. The lowest BCUT2D eigenvalue weighted by Crippen LogP contribution is -2.12. The van der Waals surface area contributed by atoms with Crippen LogP contribution >= 0.6 is 26.6 Å². The van der Waals surface area contributed by atoms with Gasteiger partial charge in [-0.15, -0.1) is 0 Å². The largest absolute Gasteiger partial charge is 0.418 e. The minimum atomic E-state index is -5.02. The topological polar surface area (TPSA) is 77.3 Å². The molecule has 0 radical (unpaired) electrons. The second kappa shape index (κ2) is 4.67. The zero-order valence-corrected chi connectivity index (χ0v) is 11.2. The van der Waals surface area contributed by atoms with Crippen LogP contribution in [-0.4, -0.2) is 13.3 Å². The maximum absolute atomic E-state index is 12.6. The van der Waals surface area contributed by atoms with E-state index in [1.54, 1.807) is 0 Å². The number of rotatable bonds is 2. The van der Waals surface area contributed by atoms with Crippen molar-refractivity contribution in [1.29, 1.82) is 0 Å². The highest BCUT2D eigenvalue weighted by atomic mass is 79.9. The molecule has 0 bridgehead atoms. The van der Waals surface area contributed by atoms with Gasteiger partial charge >= 0.3 is 6.18 Å². The Morgan fingerprint density at radius 1 is 1.33 bits per heavy atom. The average Bonchev–Trinajstić information content (AvgIpc) is 2.12. The van der Waals surface area contributed by atoms with Gasteiger partial charge in [0.2, 0.25) is 0 Å². The van der Waals surface area contributed by atoms with Crippen molar-refractivity contribution < 1.29 is 26.5 Å². The van der Waals surface area contributed by atoms with E-state index in [2.05, 4.69) is 15.9 Å². The van der Waals surface area contributed by atoms with Crippen molar-refractivity contribution >= 4 is 41.4 Å². The Hall–Kier alpha value is -0.870. The second-order valence-corrected chi connectivity index (χ2v) is 6.38. The van der Waals surface area contributed by atoms with Gasteiger partial charge in [0.25, 0.3) is 14.7 Å². The smallest absolute Gasteiger partial charge is 0.258 e. The number of hydrogen-bond acceptors (Lipinski definition) is 4. The SMILES string of the molecule is O=[N+]([O-])c1cc(Br)c(C(F)(F)F)c(S(=O)(=O)Cl)c1. The zero-order valence-electron chi connectivity index (χ0n) is 8.03. The van der Waals surface area contributed by atoms with Gasteiger partial charge in [-0.3, -0.25) is 10.1 Å². The Balaban J connectivity index is 3.78. The van der Waals surface area contributed by atoms with Crippen LogP contribution in [0.25, 0.3) is 0 Å². The van der Waals surface area contributed by atoms with Crippen LogP contribution in [-0.2, 0) is 15.2 Å². The summed E-state index contributed by atoms with van der Waals surface area (Å²) in [6, 6.07) is 0.810. The minimum Gasteiger partial charge on any atom is -0.258 e. The molecule has 0 aromatic heterocycles. The van der Waals surface area contributed by atoms with E-state index in [-0.39, 0.29) is 6.07 Å². The van der Waals surface area contributed by atoms with Crippen molar-refractivity contribution in [2.75, 3.05) is 0 Å². The fourth-order valence-electron chi connectivity index (χ4n) is 1.14. The molecule has 1 aromatic rings. The summed E-state index contributed by atoms with van der Waals surface area (Å²) in [5.74, 6) is 0. The molecule has 0 aliphatic heterocycles. The highest BCUT2D eigenvalue weighted by Crippen LogP contribution is 2.42. The predicted octanol–water partition coefficient (Wildman–Crippen LogP) is 3.30. The molecule has 1 rings (SSSR count). The first-order valence-corrected chi connectivity index (χ1v) is 7.04. The van der Waals surface area contributed by atoms with E-state index in [0.29, 0.717) is 6.07 Å². The summed E-state index contributed by atoms with van der Waals surface area (Å²) in [5.41, 5.74) is -2.41. The van der Waals surface area contributed by atoms with Gasteiger partial charge in [0.15, 0.2) is 0 Å². The summed E-state index contributed by atoms with van der Waals surface area (Å²) >= 11 is 2.45. The van der Waals surface area contributed by atoms with E-state index in [0.717, 1.165) is 0 Å². The molecule has 18 heavy (non-hydrogen) atoms. The van der Waals surface area contributed by atoms with E-state index in [1.807, 2.05) is 0 Å². The Morgan fingerprint density at radius 2 is 1.83 bits per heavy atom. The second-order valence-electron chi connectivity index (χ2n) is 2.99. The van der Waals surface area contributed by atoms with Crippen molar-refractivity contribution in [1.82, 2.24) is 0 Å². The van der Waals surface area contributed by atoms with Gasteiger partial charge in [0, 0.05) is 27.3 Å². The van der Waals surface area contributed by atoms with Crippen molar-refractivity contribution in [3.05, 3.63) is 32.3 Å². The normalized spacial score (nSPS) is 12.5. The Labute approximate surface area is 111 Å². The van der Waals surface area contributed by atoms with E-state index >= 15 is 0 Å². The maximum Gasteiger partial charge on any atom is 0.418 e. The summed E-state index contributed by atoms with van der Waals surface area (Å²) < 4.78 is 59.3. The molecule has 0 amide bonds. The monoisotopic (exact) mass is 367 g/mol. The molecule has 100 valence electrons. The third-order valence-corrected chi connectivity index (χ3v) is 3.77. The third-order valence-electron chi connectivity index (χ3n) is 1.80. The minimum absolute atomic E-state index is 0.260. The number of nitrogens with zero attached hydrogens (tertiary/aromatic N) is 1. The summed E-state index contributed by atoms with van der Waals surface area (Å²) in [7, 11) is 0.0698. The van der Waals surface area contributed by atoms with Crippen LogP contribution in [0.15, 0.2) is 21.5 Å². The molecular weight excluding hydrogens is 366 g/mol. The summed E-state index contributed by atoms with van der Waals surface area (Å²) in [4.78, 5) is 8.06. The number of nitro groups is 1. The molecule has 5 nitrogen and oxygen atoms in total. The highest BCUT2D eigenvalue weighted by molar-refractivity contribution is 9.10. The molecule has 0 saturated heterocycles. The van der Waals surface area contributed by atoms with Crippen molar-refractivity contribution in [3.8, 4) is 0 Å². The zero-order chi connectivity index (χ0) is 14.3. The molecule has 0 N–H and O–H groups in total. The van der Waals surface area contributed by atoms with Gasteiger partial charge in [0.05, 0.1) is 10.5 Å². The van der Waals surface area contributed by atoms with Crippen LogP contribution in [0, 0.1) is 10.1 Å². The molecular formula is C7H2BrClF3NO4S. The Bertz CT molecular complexity index is 616. The first-order chi connectivity index (χ1) is 7.94. The summed E-state index contributed by atoms with van der Waals surface area (Å²) in [6.45, 7) is 0. The van der Waals surface area contributed by atoms with Crippen LogP contribution in [0.4, 0.5) is 18.9 Å². The van der Waals surface area contributed by atoms with E-state index < -0.39 is 40.8 Å². The quantitative estimate of drug-likeness (QED) is 0.456. The molecule has 0 spiro atoms. The first kappa shape index (κ1) is 15.2. The molecule has 0 atom stereocenters. The molecule has 1 aromatic carbocycles. The first-order valence-electron chi connectivity index (χ1n) is 3.94. The molecule has 0 saturated carbocycles. The molecule has 0 fully saturated rings. The number of hydrogen-bond donors (Lipinski definition) is 0. The lowest BCUT2D eigenvalue weighted by Gasteiger charge is -2.12. The van der Waals surface area contributed by atoms with Crippen molar-refractivity contribution in [3.63, 3.8) is 0 Å². The van der Waals surface area contributed by atoms with Crippen LogP contribution < -0.4 is 0 Å². The van der Waals surface area contributed by atoms with Gasteiger partial charge < -0.3 is 0 Å². The number of alkyl halides is 3. The van der Waals surface area contributed by atoms with Crippen molar-refractivity contribution in [2.45, 2.75) is 11.1 Å². The van der Waals surface area contributed by atoms with Gasteiger partial charge in [-0.05, 0) is 15.9 Å².